The third-order valence-corrected chi connectivity index (χ3v) is 4.98. The number of hydrogen-bond acceptors (Lipinski definition) is 2. The molecule has 0 amide bonds. The average molecular weight is 261 g/mol. The van der Waals surface area contributed by atoms with Gasteiger partial charge in [0, 0.05) is 30.9 Å². The van der Waals surface area contributed by atoms with Gasteiger partial charge < -0.3 is 10.3 Å². The van der Waals surface area contributed by atoms with Crippen molar-refractivity contribution in [2.45, 2.75) is 70.4 Å². The van der Waals surface area contributed by atoms with Crippen LogP contribution >= 0.6 is 0 Å². The average Bonchev–Trinajstić information content (AvgIpc) is 3.14. The molecule has 0 aliphatic heterocycles. The molecule has 2 unspecified atom stereocenters. The minimum absolute atomic E-state index is 0.00233. The first-order chi connectivity index (χ1) is 9.20. The van der Waals surface area contributed by atoms with Gasteiger partial charge in [0.05, 0.1) is 0 Å². The Balaban J connectivity index is 1.67. The Morgan fingerprint density at radius 2 is 2.21 bits per heavy atom. The Hall–Kier alpha value is -0.830. The molecule has 1 heterocycles. The van der Waals surface area contributed by atoms with E-state index < -0.39 is 0 Å². The van der Waals surface area contributed by atoms with E-state index in [2.05, 4.69) is 22.7 Å². The molecule has 2 N–H and O–H groups in total. The maximum atomic E-state index is 6.72. The molecule has 2 atom stereocenters. The normalized spacial score (nSPS) is 31.6. The molecule has 1 aromatic rings. The summed E-state index contributed by atoms with van der Waals surface area (Å²) >= 11 is 0. The van der Waals surface area contributed by atoms with Crippen molar-refractivity contribution in [2.24, 2.45) is 17.6 Å². The first-order valence-corrected chi connectivity index (χ1v) is 7.99. The van der Waals surface area contributed by atoms with Crippen molar-refractivity contribution in [1.82, 2.24) is 9.55 Å². The van der Waals surface area contributed by atoms with Crippen molar-refractivity contribution in [1.29, 1.82) is 0 Å². The van der Waals surface area contributed by atoms with E-state index in [4.69, 9.17) is 5.73 Å². The highest BCUT2D eigenvalue weighted by molar-refractivity contribution is 5.04. The molecule has 19 heavy (non-hydrogen) atoms. The van der Waals surface area contributed by atoms with Crippen molar-refractivity contribution in [3.8, 4) is 0 Å². The fraction of sp³-hybridized carbons (Fsp3) is 0.812. The van der Waals surface area contributed by atoms with Gasteiger partial charge in [0.25, 0.3) is 0 Å². The van der Waals surface area contributed by atoms with Gasteiger partial charge in [-0.25, -0.2) is 4.98 Å². The van der Waals surface area contributed by atoms with Crippen LogP contribution in [0.2, 0.25) is 0 Å². The van der Waals surface area contributed by atoms with Crippen LogP contribution in [0.4, 0.5) is 0 Å². The molecule has 3 rings (SSSR count). The van der Waals surface area contributed by atoms with E-state index in [-0.39, 0.29) is 5.54 Å². The van der Waals surface area contributed by atoms with Gasteiger partial charge in [-0.1, -0.05) is 19.8 Å². The van der Waals surface area contributed by atoms with Crippen LogP contribution in [-0.2, 0) is 13.0 Å². The number of rotatable bonds is 5. The fourth-order valence-electron chi connectivity index (χ4n) is 3.84. The second-order valence-corrected chi connectivity index (χ2v) is 6.77. The summed E-state index contributed by atoms with van der Waals surface area (Å²) in [5.41, 5.74) is 6.72. The number of aryl methyl sites for hydroxylation is 1. The van der Waals surface area contributed by atoms with Gasteiger partial charge in [-0.15, -0.1) is 0 Å². The SMILES string of the molecule is CCCn1ccnc1CC1(N)CCCC(C2CC2)C1. The Labute approximate surface area is 116 Å². The third-order valence-electron chi connectivity index (χ3n) is 4.98. The topological polar surface area (TPSA) is 43.8 Å². The van der Waals surface area contributed by atoms with E-state index in [0.717, 1.165) is 31.2 Å². The molecule has 2 saturated carbocycles. The molecule has 1 aromatic heterocycles. The van der Waals surface area contributed by atoms with Crippen LogP contribution < -0.4 is 5.73 Å². The molecule has 0 radical (unpaired) electrons. The quantitative estimate of drug-likeness (QED) is 0.885. The first-order valence-electron chi connectivity index (χ1n) is 7.99. The van der Waals surface area contributed by atoms with Gasteiger partial charge in [-0.2, -0.15) is 0 Å². The number of aromatic nitrogens is 2. The Bertz CT molecular complexity index is 421. The van der Waals surface area contributed by atoms with Crippen molar-refractivity contribution in [3.05, 3.63) is 18.2 Å². The first kappa shape index (κ1) is 13.2. The largest absolute Gasteiger partial charge is 0.335 e. The summed E-state index contributed by atoms with van der Waals surface area (Å²) < 4.78 is 2.29. The zero-order valence-corrected chi connectivity index (χ0v) is 12.1. The molecule has 2 aliphatic carbocycles. The van der Waals surface area contributed by atoms with Crippen LogP contribution in [-0.4, -0.2) is 15.1 Å². The summed E-state index contributed by atoms with van der Waals surface area (Å²) in [5.74, 6) is 3.09. The predicted octanol–water partition coefficient (Wildman–Crippen LogP) is 3.13. The highest BCUT2D eigenvalue weighted by Crippen LogP contribution is 2.46. The van der Waals surface area contributed by atoms with Crippen LogP contribution in [0.3, 0.4) is 0 Å². The number of nitrogens with two attached hydrogens (primary N) is 1. The summed E-state index contributed by atoms with van der Waals surface area (Å²) in [6.45, 7) is 3.28. The minimum Gasteiger partial charge on any atom is -0.335 e. The van der Waals surface area contributed by atoms with Gasteiger partial charge in [-0.05, 0) is 43.9 Å². The van der Waals surface area contributed by atoms with Crippen LogP contribution in [0.15, 0.2) is 12.4 Å². The second kappa shape index (κ2) is 5.28. The lowest BCUT2D eigenvalue weighted by molar-refractivity contribution is 0.201. The summed E-state index contributed by atoms with van der Waals surface area (Å²) in [6, 6.07) is 0. The van der Waals surface area contributed by atoms with Crippen LogP contribution in [0.5, 0.6) is 0 Å². The third kappa shape index (κ3) is 3.02. The highest BCUT2D eigenvalue weighted by atomic mass is 15.1. The molecule has 2 fully saturated rings. The van der Waals surface area contributed by atoms with Gasteiger partial charge in [0.15, 0.2) is 0 Å². The van der Waals surface area contributed by atoms with E-state index in [9.17, 15) is 0 Å². The summed E-state index contributed by atoms with van der Waals surface area (Å²) in [4.78, 5) is 4.54. The second-order valence-electron chi connectivity index (χ2n) is 6.77. The molecule has 106 valence electrons. The lowest BCUT2D eigenvalue weighted by Crippen LogP contribution is -2.47. The van der Waals surface area contributed by atoms with Gasteiger partial charge >= 0.3 is 0 Å². The summed E-state index contributed by atoms with van der Waals surface area (Å²) in [5, 5.41) is 0. The lowest BCUT2D eigenvalue weighted by Gasteiger charge is -2.38. The van der Waals surface area contributed by atoms with Gasteiger partial charge in [-0.3, -0.25) is 0 Å². The fourth-order valence-corrected chi connectivity index (χ4v) is 3.84. The summed E-state index contributed by atoms with van der Waals surface area (Å²) in [7, 11) is 0. The van der Waals surface area contributed by atoms with Crippen LogP contribution in [0.25, 0.3) is 0 Å². The van der Waals surface area contributed by atoms with Crippen molar-refractivity contribution < 1.29 is 0 Å². The Morgan fingerprint density at radius 1 is 1.37 bits per heavy atom. The maximum absolute atomic E-state index is 6.72. The highest BCUT2D eigenvalue weighted by Gasteiger charge is 2.40. The van der Waals surface area contributed by atoms with Crippen molar-refractivity contribution in [3.63, 3.8) is 0 Å². The molecule has 0 saturated heterocycles. The zero-order valence-electron chi connectivity index (χ0n) is 12.1. The zero-order chi connectivity index (χ0) is 13.3. The van der Waals surface area contributed by atoms with Gasteiger partial charge in [0.1, 0.15) is 5.82 Å². The summed E-state index contributed by atoms with van der Waals surface area (Å²) in [6.07, 6.45) is 14.2. The van der Waals surface area contributed by atoms with E-state index in [1.165, 1.54) is 44.3 Å². The van der Waals surface area contributed by atoms with Crippen LogP contribution in [0, 0.1) is 11.8 Å². The standard InChI is InChI=1S/C16H27N3/c1-2-9-19-10-8-18-15(19)12-16(17)7-3-4-14(11-16)13-5-6-13/h8,10,13-14H,2-7,9,11-12,17H2,1H3. The molecule has 2 aliphatic rings. The molecule has 0 aromatic carbocycles. The number of imidazole rings is 1. The Morgan fingerprint density at radius 3 is 2.95 bits per heavy atom. The number of nitrogens with zero attached hydrogens (tertiary/aromatic N) is 2. The van der Waals surface area contributed by atoms with Crippen molar-refractivity contribution >= 4 is 0 Å². The smallest absolute Gasteiger partial charge is 0.110 e. The Kier molecular flexibility index (Phi) is 3.66. The monoisotopic (exact) mass is 261 g/mol. The number of hydrogen-bond donors (Lipinski definition) is 1. The van der Waals surface area contributed by atoms with Crippen molar-refractivity contribution in [2.75, 3.05) is 0 Å². The predicted molar refractivity (Wildman–Crippen MR) is 77.8 cm³/mol. The molecule has 0 bridgehead atoms. The van der Waals surface area contributed by atoms with E-state index >= 15 is 0 Å². The maximum Gasteiger partial charge on any atom is 0.110 e. The molecular weight excluding hydrogens is 234 g/mol. The molecule has 0 spiro atoms. The van der Waals surface area contributed by atoms with E-state index in [1.807, 2.05) is 6.20 Å². The van der Waals surface area contributed by atoms with E-state index in [0.29, 0.717) is 0 Å². The molecular formula is C16H27N3. The van der Waals surface area contributed by atoms with E-state index in [1.54, 1.807) is 0 Å². The van der Waals surface area contributed by atoms with Gasteiger partial charge in [0.2, 0.25) is 0 Å². The minimum atomic E-state index is 0.00233. The lowest BCUT2D eigenvalue weighted by atomic mass is 9.72. The van der Waals surface area contributed by atoms with Crippen LogP contribution in [0.1, 0.15) is 57.7 Å². The molecule has 3 heteroatoms. The molecule has 3 nitrogen and oxygen atoms in total.